The zero-order valence-corrected chi connectivity index (χ0v) is 10.7. The van der Waals surface area contributed by atoms with Crippen LogP contribution in [-0.2, 0) is 9.53 Å². The third-order valence-electron chi connectivity index (χ3n) is 3.91. The summed E-state index contributed by atoms with van der Waals surface area (Å²) < 4.78 is 4.92. The molecule has 1 fully saturated rings. The molecule has 1 unspecified atom stereocenters. The second-order valence-electron chi connectivity index (χ2n) is 4.78. The molecule has 4 nitrogen and oxygen atoms in total. The van der Waals surface area contributed by atoms with E-state index in [-0.39, 0.29) is 5.91 Å². The van der Waals surface area contributed by atoms with Crippen molar-refractivity contribution in [1.82, 2.24) is 4.90 Å². The Morgan fingerprint density at radius 3 is 2.56 bits per heavy atom. The first kappa shape index (κ1) is 13.5. The molecule has 0 bridgehead atoms. The lowest BCUT2D eigenvalue weighted by molar-refractivity contribution is -0.133. The Labute approximate surface area is 98.1 Å². The van der Waals surface area contributed by atoms with Crippen molar-refractivity contribution < 1.29 is 9.53 Å². The molecule has 1 amide bonds. The number of amides is 1. The number of nitrogens with zero attached hydrogens (tertiary/aromatic N) is 1. The van der Waals surface area contributed by atoms with E-state index in [4.69, 9.17) is 10.5 Å². The van der Waals surface area contributed by atoms with E-state index in [9.17, 15) is 4.79 Å². The second kappa shape index (κ2) is 5.64. The van der Waals surface area contributed by atoms with E-state index in [1.807, 2.05) is 4.90 Å². The molecule has 16 heavy (non-hydrogen) atoms. The average molecular weight is 228 g/mol. The van der Waals surface area contributed by atoms with Crippen molar-refractivity contribution in [3.63, 3.8) is 0 Å². The minimum Gasteiger partial charge on any atom is -0.383 e. The van der Waals surface area contributed by atoms with Crippen LogP contribution >= 0.6 is 0 Å². The van der Waals surface area contributed by atoms with Gasteiger partial charge in [-0.05, 0) is 24.7 Å². The first-order valence-corrected chi connectivity index (χ1v) is 6.12. The van der Waals surface area contributed by atoms with E-state index in [1.54, 1.807) is 7.11 Å². The Morgan fingerprint density at radius 2 is 2.12 bits per heavy atom. The zero-order chi connectivity index (χ0) is 12.2. The number of likely N-dealkylation sites (tertiary alicyclic amines) is 1. The van der Waals surface area contributed by atoms with Crippen LogP contribution in [0.4, 0.5) is 0 Å². The van der Waals surface area contributed by atoms with E-state index >= 15 is 0 Å². The van der Waals surface area contributed by atoms with Crippen molar-refractivity contribution in [2.75, 3.05) is 26.8 Å². The van der Waals surface area contributed by atoms with E-state index < -0.39 is 6.04 Å². The van der Waals surface area contributed by atoms with Gasteiger partial charge in [-0.25, -0.2) is 0 Å². The predicted molar refractivity (Wildman–Crippen MR) is 64.1 cm³/mol. The minimum absolute atomic E-state index is 0.0330. The van der Waals surface area contributed by atoms with Crippen LogP contribution in [0.3, 0.4) is 0 Å². The molecular weight excluding hydrogens is 204 g/mol. The Morgan fingerprint density at radius 1 is 1.50 bits per heavy atom. The Hall–Kier alpha value is -0.610. The molecule has 1 saturated heterocycles. The maximum absolute atomic E-state index is 12.0. The Kier molecular flexibility index (Phi) is 4.74. The molecule has 2 N–H and O–H groups in total. The van der Waals surface area contributed by atoms with Crippen LogP contribution < -0.4 is 5.73 Å². The number of ether oxygens (including phenoxy) is 1. The molecule has 1 rings (SSSR count). The lowest BCUT2D eigenvalue weighted by atomic mass is 9.82. The van der Waals surface area contributed by atoms with Crippen LogP contribution in [0.2, 0.25) is 0 Å². The van der Waals surface area contributed by atoms with Gasteiger partial charge in [-0.15, -0.1) is 0 Å². The van der Waals surface area contributed by atoms with Crippen LogP contribution in [-0.4, -0.2) is 43.7 Å². The molecule has 0 saturated carbocycles. The number of carbonyl (C=O) groups excluding carboxylic acids is 1. The highest BCUT2D eigenvalue weighted by atomic mass is 16.5. The fraction of sp³-hybridized carbons (Fsp3) is 0.917. The molecule has 4 heteroatoms. The third kappa shape index (κ3) is 2.74. The first-order valence-electron chi connectivity index (χ1n) is 6.12. The monoisotopic (exact) mass is 228 g/mol. The van der Waals surface area contributed by atoms with Gasteiger partial charge < -0.3 is 15.4 Å². The smallest absolute Gasteiger partial charge is 0.241 e. The summed E-state index contributed by atoms with van der Waals surface area (Å²) in [4.78, 5) is 13.9. The summed E-state index contributed by atoms with van der Waals surface area (Å²) in [6.07, 6.45) is 3.37. The highest BCUT2D eigenvalue weighted by Gasteiger charge is 2.38. The van der Waals surface area contributed by atoms with Crippen molar-refractivity contribution in [3.05, 3.63) is 0 Å². The van der Waals surface area contributed by atoms with Gasteiger partial charge >= 0.3 is 0 Å². The van der Waals surface area contributed by atoms with E-state index in [0.717, 1.165) is 32.4 Å². The standard InChI is InChI=1S/C12H24N2O2/c1-4-12(5-2)6-7-14(9-12)11(15)10(13)8-16-3/h10H,4-9,13H2,1-3H3. The molecule has 0 spiro atoms. The number of methoxy groups -OCH3 is 1. The molecule has 1 aliphatic heterocycles. The molecule has 0 aromatic rings. The number of carbonyl (C=O) groups is 1. The van der Waals surface area contributed by atoms with Gasteiger partial charge in [0.2, 0.25) is 5.91 Å². The zero-order valence-electron chi connectivity index (χ0n) is 10.7. The largest absolute Gasteiger partial charge is 0.383 e. The Bertz CT molecular complexity index is 239. The van der Waals surface area contributed by atoms with Crippen LogP contribution in [0.25, 0.3) is 0 Å². The van der Waals surface area contributed by atoms with Crippen LogP contribution in [0.1, 0.15) is 33.1 Å². The molecule has 0 aliphatic carbocycles. The van der Waals surface area contributed by atoms with Gasteiger partial charge in [0.1, 0.15) is 6.04 Å². The summed E-state index contributed by atoms with van der Waals surface area (Å²) in [5.74, 6) is 0.0330. The molecule has 0 radical (unpaired) electrons. The quantitative estimate of drug-likeness (QED) is 0.763. The summed E-state index contributed by atoms with van der Waals surface area (Å²) in [5.41, 5.74) is 6.08. The molecule has 0 aromatic heterocycles. The second-order valence-corrected chi connectivity index (χ2v) is 4.78. The van der Waals surface area contributed by atoms with Gasteiger partial charge in [-0.1, -0.05) is 13.8 Å². The van der Waals surface area contributed by atoms with Crippen molar-refractivity contribution in [3.8, 4) is 0 Å². The van der Waals surface area contributed by atoms with Gasteiger partial charge in [0.15, 0.2) is 0 Å². The molecule has 1 heterocycles. The predicted octanol–water partition coefficient (Wildman–Crippen LogP) is 0.999. The van der Waals surface area contributed by atoms with Gasteiger partial charge in [0.25, 0.3) is 0 Å². The number of nitrogens with two attached hydrogens (primary N) is 1. The maximum Gasteiger partial charge on any atom is 0.241 e. The van der Waals surface area contributed by atoms with Gasteiger partial charge in [-0.2, -0.15) is 0 Å². The summed E-state index contributed by atoms with van der Waals surface area (Å²) in [6.45, 7) is 6.41. The first-order chi connectivity index (χ1) is 7.58. The third-order valence-corrected chi connectivity index (χ3v) is 3.91. The van der Waals surface area contributed by atoms with Crippen molar-refractivity contribution in [1.29, 1.82) is 0 Å². The summed E-state index contributed by atoms with van der Waals surface area (Å²) in [5, 5.41) is 0. The molecule has 0 aromatic carbocycles. The van der Waals surface area contributed by atoms with E-state index in [2.05, 4.69) is 13.8 Å². The van der Waals surface area contributed by atoms with Crippen molar-refractivity contribution in [2.24, 2.45) is 11.1 Å². The number of rotatable bonds is 5. The molecule has 1 aliphatic rings. The van der Waals surface area contributed by atoms with Crippen LogP contribution in [0.5, 0.6) is 0 Å². The van der Waals surface area contributed by atoms with Gasteiger partial charge in [-0.3, -0.25) is 4.79 Å². The topological polar surface area (TPSA) is 55.6 Å². The average Bonchev–Trinajstić information content (AvgIpc) is 2.73. The molecule has 94 valence electrons. The summed E-state index contributed by atoms with van der Waals surface area (Å²) in [6, 6.07) is -0.505. The normalized spacial score (nSPS) is 21.1. The molecular formula is C12H24N2O2. The lowest BCUT2D eigenvalue weighted by Crippen LogP contribution is -2.45. The molecule has 1 atom stereocenters. The maximum atomic E-state index is 12.0. The van der Waals surface area contributed by atoms with Crippen molar-refractivity contribution in [2.45, 2.75) is 39.2 Å². The van der Waals surface area contributed by atoms with E-state index in [1.165, 1.54) is 0 Å². The highest BCUT2D eigenvalue weighted by molar-refractivity contribution is 5.82. The lowest BCUT2D eigenvalue weighted by Gasteiger charge is -2.27. The number of hydrogen-bond donors (Lipinski definition) is 1. The van der Waals surface area contributed by atoms with Gasteiger partial charge in [0.05, 0.1) is 6.61 Å². The van der Waals surface area contributed by atoms with Crippen LogP contribution in [0.15, 0.2) is 0 Å². The van der Waals surface area contributed by atoms with Crippen LogP contribution in [0, 0.1) is 5.41 Å². The number of hydrogen-bond acceptors (Lipinski definition) is 3. The summed E-state index contributed by atoms with van der Waals surface area (Å²) >= 11 is 0. The van der Waals surface area contributed by atoms with E-state index in [0.29, 0.717) is 12.0 Å². The fourth-order valence-corrected chi connectivity index (χ4v) is 2.44. The van der Waals surface area contributed by atoms with Crippen molar-refractivity contribution >= 4 is 5.91 Å². The Balaban J connectivity index is 2.55. The fourth-order valence-electron chi connectivity index (χ4n) is 2.44. The summed E-state index contributed by atoms with van der Waals surface area (Å²) in [7, 11) is 1.57. The highest BCUT2D eigenvalue weighted by Crippen LogP contribution is 2.36. The SMILES string of the molecule is CCC1(CC)CCN(C(=O)C(N)COC)C1. The van der Waals surface area contributed by atoms with Gasteiger partial charge in [0, 0.05) is 20.2 Å². The minimum atomic E-state index is -0.505.